The number of ether oxygens (including phenoxy) is 2. The fourth-order valence-electron chi connectivity index (χ4n) is 3.00. The monoisotopic (exact) mass is 383 g/mol. The number of hydrogen-bond acceptors (Lipinski definition) is 5. The van der Waals surface area contributed by atoms with Crippen LogP contribution >= 0.6 is 0 Å². The average molecular weight is 383 g/mol. The van der Waals surface area contributed by atoms with E-state index in [2.05, 4.69) is 11.2 Å². The third-order valence-corrected chi connectivity index (χ3v) is 4.36. The highest BCUT2D eigenvalue weighted by Gasteiger charge is 2.18. The van der Waals surface area contributed by atoms with E-state index in [0.29, 0.717) is 29.4 Å². The summed E-state index contributed by atoms with van der Waals surface area (Å²) in [7, 11) is 0. The molecule has 0 atom stereocenters. The van der Waals surface area contributed by atoms with Crippen molar-refractivity contribution in [2.24, 2.45) is 0 Å². The average Bonchev–Trinajstić information content (AvgIpc) is 3.15. The number of para-hydroxylation sites is 1. The molecule has 0 unspecified atom stereocenters. The Labute approximate surface area is 167 Å². The van der Waals surface area contributed by atoms with Gasteiger partial charge in [-0.1, -0.05) is 18.2 Å². The number of nitriles is 1. The van der Waals surface area contributed by atoms with Gasteiger partial charge in [-0.3, -0.25) is 0 Å². The maximum Gasteiger partial charge on any atom is 0.359 e. The summed E-state index contributed by atoms with van der Waals surface area (Å²) in [6, 6.07) is 23.9. The standard InChI is InChI=1S/C23H17N3O3/c1-2-28-23(27)22-20-5-3-4-6-21(20)26(25-22)17-9-13-19(14-10-17)29-18-11-7-16(15-24)8-12-18/h3-14H,2H2,1H3. The second-order valence-corrected chi connectivity index (χ2v) is 6.23. The Morgan fingerprint density at radius 2 is 1.66 bits per heavy atom. The highest BCUT2D eigenvalue weighted by molar-refractivity contribution is 6.02. The summed E-state index contributed by atoms with van der Waals surface area (Å²) in [5.41, 5.74) is 2.48. The third kappa shape index (κ3) is 3.66. The van der Waals surface area contributed by atoms with E-state index in [4.69, 9.17) is 14.7 Å². The van der Waals surface area contributed by atoms with Crippen LogP contribution in [-0.2, 0) is 4.74 Å². The zero-order valence-electron chi connectivity index (χ0n) is 15.7. The lowest BCUT2D eigenvalue weighted by molar-refractivity contribution is 0.0521. The molecule has 4 rings (SSSR count). The summed E-state index contributed by atoms with van der Waals surface area (Å²) < 4.78 is 12.7. The fraction of sp³-hybridized carbons (Fsp3) is 0.0870. The Morgan fingerprint density at radius 1 is 1.00 bits per heavy atom. The van der Waals surface area contributed by atoms with Crippen LogP contribution in [0.25, 0.3) is 16.6 Å². The minimum atomic E-state index is -0.441. The van der Waals surface area contributed by atoms with Gasteiger partial charge in [0.05, 0.1) is 29.4 Å². The zero-order valence-corrected chi connectivity index (χ0v) is 15.7. The SMILES string of the molecule is CCOC(=O)c1nn(-c2ccc(Oc3ccc(C#N)cc3)cc2)c2ccccc12. The molecular formula is C23H17N3O3. The van der Waals surface area contributed by atoms with E-state index in [0.717, 1.165) is 16.6 Å². The maximum atomic E-state index is 12.3. The van der Waals surface area contributed by atoms with Crippen molar-refractivity contribution in [2.45, 2.75) is 6.92 Å². The molecule has 0 bridgehead atoms. The van der Waals surface area contributed by atoms with E-state index >= 15 is 0 Å². The van der Waals surface area contributed by atoms with Crippen LogP contribution in [0.3, 0.4) is 0 Å². The molecule has 4 aromatic rings. The summed E-state index contributed by atoms with van der Waals surface area (Å²) >= 11 is 0. The van der Waals surface area contributed by atoms with Crippen molar-refractivity contribution in [1.29, 1.82) is 5.26 Å². The van der Waals surface area contributed by atoms with Crippen molar-refractivity contribution >= 4 is 16.9 Å². The molecule has 0 amide bonds. The number of nitrogens with zero attached hydrogens (tertiary/aromatic N) is 3. The molecular weight excluding hydrogens is 366 g/mol. The lowest BCUT2D eigenvalue weighted by Crippen LogP contribution is -2.07. The van der Waals surface area contributed by atoms with Gasteiger partial charge < -0.3 is 9.47 Å². The molecule has 0 fully saturated rings. The maximum absolute atomic E-state index is 12.3. The van der Waals surface area contributed by atoms with E-state index in [1.54, 1.807) is 35.9 Å². The Hall–Kier alpha value is -4.11. The van der Waals surface area contributed by atoms with Crippen molar-refractivity contribution < 1.29 is 14.3 Å². The van der Waals surface area contributed by atoms with Crippen LogP contribution in [0.2, 0.25) is 0 Å². The summed E-state index contributed by atoms with van der Waals surface area (Å²) in [6.07, 6.45) is 0. The zero-order chi connectivity index (χ0) is 20.2. The van der Waals surface area contributed by atoms with E-state index in [1.807, 2.05) is 48.5 Å². The van der Waals surface area contributed by atoms with Crippen molar-refractivity contribution in [3.8, 4) is 23.3 Å². The number of benzene rings is 3. The number of carbonyl (C=O) groups excluding carboxylic acids is 1. The minimum absolute atomic E-state index is 0.292. The molecule has 0 spiro atoms. The lowest BCUT2D eigenvalue weighted by Gasteiger charge is -2.08. The van der Waals surface area contributed by atoms with Crippen LogP contribution in [0.4, 0.5) is 0 Å². The van der Waals surface area contributed by atoms with Gasteiger partial charge in [0.15, 0.2) is 5.69 Å². The molecule has 6 heteroatoms. The number of esters is 1. The van der Waals surface area contributed by atoms with Crippen LogP contribution in [-0.4, -0.2) is 22.4 Å². The smallest absolute Gasteiger partial charge is 0.359 e. The summed E-state index contributed by atoms with van der Waals surface area (Å²) in [6.45, 7) is 2.06. The second kappa shape index (κ2) is 7.87. The minimum Gasteiger partial charge on any atom is -0.461 e. The molecule has 0 radical (unpaired) electrons. The summed E-state index contributed by atoms with van der Waals surface area (Å²) in [5, 5.41) is 14.1. The number of carbonyl (C=O) groups is 1. The van der Waals surface area contributed by atoms with Gasteiger partial charge in [0.25, 0.3) is 0 Å². The summed E-state index contributed by atoms with van der Waals surface area (Å²) in [4.78, 5) is 12.3. The molecule has 0 N–H and O–H groups in total. The Bertz CT molecular complexity index is 1200. The topological polar surface area (TPSA) is 77.1 Å². The molecule has 1 aromatic heterocycles. The molecule has 0 aliphatic heterocycles. The van der Waals surface area contributed by atoms with Crippen LogP contribution in [0.1, 0.15) is 23.0 Å². The first-order chi connectivity index (χ1) is 14.2. The lowest BCUT2D eigenvalue weighted by atomic mass is 10.2. The second-order valence-electron chi connectivity index (χ2n) is 6.23. The molecule has 142 valence electrons. The fourth-order valence-corrected chi connectivity index (χ4v) is 3.00. The first kappa shape index (κ1) is 18.3. The van der Waals surface area contributed by atoms with Crippen LogP contribution in [0.5, 0.6) is 11.5 Å². The Morgan fingerprint density at radius 3 is 2.31 bits per heavy atom. The number of rotatable bonds is 5. The van der Waals surface area contributed by atoms with Crippen molar-refractivity contribution in [3.05, 3.63) is 84.1 Å². The highest BCUT2D eigenvalue weighted by atomic mass is 16.5. The van der Waals surface area contributed by atoms with Gasteiger partial charge in [-0.05, 0) is 61.5 Å². The van der Waals surface area contributed by atoms with Gasteiger partial charge >= 0.3 is 5.97 Å². The van der Waals surface area contributed by atoms with Gasteiger partial charge in [-0.15, -0.1) is 0 Å². The molecule has 0 saturated heterocycles. The van der Waals surface area contributed by atoms with Crippen LogP contribution < -0.4 is 4.74 Å². The number of aromatic nitrogens is 2. The predicted molar refractivity (Wildman–Crippen MR) is 108 cm³/mol. The van der Waals surface area contributed by atoms with E-state index in [-0.39, 0.29) is 0 Å². The quantitative estimate of drug-likeness (QED) is 0.460. The third-order valence-electron chi connectivity index (χ3n) is 4.36. The Balaban J connectivity index is 1.64. The molecule has 1 heterocycles. The first-order valence-electron chi connectivity index (χ1n) is 9.13. The van der Waals surface area contributed by atoms with Gasteiger partial charge in [-0.25, -0.2) is 9.48 Å². The van der Waals surface area contributed by atoms with Crippen molar-refractivity contribution in [3.63, 3.8) is 0 Å². The van der Waals surface area contributed by atoms with Gasteiger partial charge in [0, 0.05) is 5.39 Å². The van der Waals surface area contributed by atoms with Crippen LogP contribution in [0.15, 0.2) is 72.8 Å². The van der Waals surface area contributed by atoms with Gasteiger partial charge in [-0.2, -0.15) is 10.4 Å². The highest BCUT2D eigenvalue weighted by Crippen LogP contribution is 2.26. The molecule has 0 saturated carbocycles. The van der Waals surface area contributed by atoms with E-state index in [9.17, 15) is 4.79 Å². The van der Waals surface area contributed by atoms with Crippen molar-refractivity contribution in [2.75, 3.05) is 6.61 Å². The molecule has 6 nitrogen and oxygen atoms in total. The molecule has 3 aromatic carbocycles. The molecule has 29 heavy (non-hydrogen) atoms. The van der Waals surface area contributed by atoms with Crippen LogP contribution in [0, 0.1) is 11.3 Å². The number of fused-ring (bicyclic) bond motifs is 1. The largest absolute Gasteiger partial charge is 0.461 e. The van der Waals surface area contributed by atoms with Gasteiger partial charge in [0.1, 0.15) is 11.5 Å². The first-order valence-corrected chi connectivity index (χ1v) is 9.13. The van der Waals surface area contributed by atoms with E-state index in [1.165, 1.54) is 0 Å². The predicted octanol–water partition coefficient (Wildman–Crippen LogP) is 4.87. The normalized spacial score (nSPS) is 10.5. The summed E-state index contributed by atoms with van der Waals surface area (Å²) in [5.74, 6) is 0.856. The molecule has 0 aliphatic rings. The van der Waals surface area contributed by atoms with E-state index < -0.39 is 5.97 Å². The van der Waals surface area contributed by atoms with Gasteiger partial charge in [0.2, 0.25) is 0 Å². The number of hydrogen-bond donors (Lipinski definition) is 0. The van der Waals surface area contributed by atoms with Crippen molar-refractivity contribution in [1.82, 2.24) is 9.78 Å². The Kier molecular flexibility index (Phi) is 4.95. The molecule has 0 aliphatic carbocycles.